The van der Waals surface area contributed by atoms with Gasteiger partial charge in [0.2, 0.25) is 0 Å². The largest absolute Gasteiger partial charge is 0.380 e. The molecule has 1 heterocycles. The number of nitrogens with one attached hydrogen (secondary N) is 2. The van der Waals surface area contributed by atoms with Gasteiger partial charge in [-0.3, -0.25) is 0 Å². The normalized spacial score (nSPS) is 18.3. The minimum Gasteiger partial charge on any atom is -0.380 e. The van der Waals surface area contributed by atoms with Crippen LogP contribution in [-0.2, 0) is 17.9 Å². The van der Waals surface area contributed by atoms with Crippen molar-refractivity contribution < 1.29 is 9.53 Å². The van der Waals surface area contributed by atoms with E-state index in [0.717, 1.165) is 30.6 Å². The number of amides is 2. The van der Waals surface area contributed by atoms with Crippen molar-refractivity contribution in [3.63, 3.8) is 0 Å². The van der Waals surface area contributed by atoms with E-state index in [-0.39, 0.29) is 6.03 Å². The topological polar surface area (TPSA) is 53.6 Å². The summed E-state index contributed by atoms with van der Waals surface area (Å²) in [6, 6.07) is 8.59. The predicted octanol–water partition coefficient (Wildman–Crippen LogP) is 2.90. The molecule has 0 radical (unpaired) electrons. The first-order valence-corrected chi connectivity index (χ1v) is 9.02. The van der Waals surface area contributed by atoms with Gasteiger partial charge in [-0.15, -0.1) is 0 Å². The number of benzene rings is 1. The zero-order valence-corrected chi connectivity index (χ0v) is 15.0. The van der Waals surface area contributed by atoms with Crippen LogP contribution in [0.25, 0.3) is 0 Å². The third kappa shape index (κ3) is 6.13. The van der Waals surface area contributed by atoms with E-state index >= 15 is 0 Å². The first-order valence-electron chi connectivity index (χ1n) is 9.02. The van der Waals surface area contributed by atoms with Gasteiger partial charge in [0.1, 0.15) is 0 Å². The third-order valence-electron chi connectivity index (χ3n) is 4.71. The van der Waals surface area contributed by atoms with Gasteiger partial charge in [0.05, 0.1) is 6.61 Å². The Kier molecular flexibility index (Phi) is 8.05. The maximum atomic E-state index is 11.9. The summed E-state index contributed by atoms with van der Waals surface area (Å²) in [5, 5.41) is 5.88. The predicted molar refractivity (Wildman–Crippen MR) is 96.9 cm³/mol. The van der Waals surface area contributed by atoms with Crippen LogP contribution in [0.5, 0.6) is 0 Å². The fraction of sp³-hybridized carbons (Fsp3) is 0.632. The number of likely N-dealkylation sites (tertiary alicyclic amines) is 1. The SMILES string of the molecule is COCc1ccccc1CNC(=O)NCCCN1CCCCC1C. The molecule has 0 bridgehead atoms. The minimum absolute atomic E-state index is 0.103. The molecular weight excluding hydrogens is 302 g/mol. The van der Waals surface area contributed by atoms with Crippen molar-refractivity contribution in [1.82, 2.24) is 15.5 Å². The van der Waals surface area contributed by atoms with E-state index in [2.05, 4.69) is 22.5 Å². The van der Waals surface area contributed by atoms with Crippen LogP contribution in [0.4, 0.5) is 4.79 Å². The van der Waals surface area contributed by atoms with E-state index in [1.165, 1.54) is 25.8 Å². The van der Waals surface area contributed by atoms with Crippen LogP contribution in [0.2, 0.25) is 0 Å². The lowest BCUT2D eigenvalue weighted by atomic mass is 10.0. The second-order valence-corrected chi connectivity index (χ2v) is 6.55. The molecule has 1 atom stereocenters. The monoisotopic (exact) mass is 333 g/mol. The molecule has 24 heavy (non-hydrogen) atoms. The van der Waals surface area contributed by atoms with Gasteiger partial charge in [0.15, 0.2) is 0 Å². The highest BCUT2D eigenvalue weighted by Gasteiger charge is 2.17. The van der Waals surface area contributed by atoms with Gasteiger partial charge in [0, 0.05) is 32.8 Å². The Morgan fingerprint density at radius 3 is 2.79 bits per heavy atom. The maximum Gasteiger partial charge on any atom is 0.315 e. The molecule has 1 aliphatic heterocycles. The van der Waals surface area contributed by atoms with Gasteiger partial charge >= 0.3 is 6.03 Å². The summed E-state index contributed by atoms with van der Waals surface area (Å²) in [4.78, 5) is 14.5. The van der Waals surface area contributed by atoms with Crippen LogP contribution < -0.4 is 10.6 Å². The van der Waals surface area contributed by atoms with E-state index in [9.17, 15) is 4.79 Å². The van der Waals surface area contributed by atoms with Crippen LogP contribution in [-0.4, -0.2) is 43.7 Å². The molecule has 0 aromatic heterocycles. The molecule has 1 aromatic rings. The van der Waals surface area contributed by atoms with Crippen LogP contribution in [0.1, 0.15) is 43.7 Å². The van der Waals surface area contributed by atoms with Gasteiger partial charge in [-0.2, -0.15) is 0 Å². The number of hydrogen-bond acceptors (Lipinski definition) is 3. The molecule has 5 heteroatoms. The molecular formula is C19H31N3O2. The second-order valence-electron chi connectivity index (χ2n) is 6.55. The quantitative estimate of drug-likeness (QED) is 0.719. The van der Waals surface area contributed by atoms with Crippen LogP contribution in [0.3, 0.4) is 0 Å². The van der Waals surface area contributed by atoms with Gasteiger partial charge in [0.25, 0.3) is 0 Å². The molecule has 2 N–H and O–H groups in total. The molecule has 1 fully saturated rings. The van der Waals surface area contributed by atoms with Crippen LogP contribution in [0.15, 0.2) is 24.3 Å². The summed E-state index contributed by atoms with van der Waals surface area (Å²) in [5.74, 6) is 0. The highest BCUT2D eigenvalue weighted by molar-refractivity contribution is 5.73. The first kappa shape index (κ1) is 18.7. The number of methoxy groups -OCH3 is 1. The van der Waals surface area contributed by atoms with Crippen molar-refractivity contribution in [1.29, 1.82) is 0 Å². The maximum absolute atomic E-state index is 11.9. The Labute approximate surface area is 145 Å². The zero-order valence-electron chi connectivity index (χ0n) is 15.0. The summed E-state index contributed by atoms with van der Waals surface area (Å²) in [5.41, 5.74) is 2.20. The van der Waals surface area contributed by atoms with E-state index in [0.29, 0.717) is 19.2 Å². The van der Waals surface area contributed by atoms with Crippen molar-refractivity contribution in [2.45, 2.75) is 51.8 Å². The molecule has 1 aliphatic rings. The summed E-state index contributed by atoms with van der Waals surface area (Å²) < 4.78 is 5.19. The fourth-order valence-electron chi connectivity index (χ4n) is 3.24. The minimum atomic E-state index is -0.103. The summed E-state index contributed by atoms with van der Waals surface area (Å²) in [6.07, 6.45) is 4.95. The molecule has 0 spiro atoms. The van der Waals surface area contributed by atoms with E-state index < -0.39 is 0 Å². The van der Waals surface area contributed by atoms with E-state index in [4.69, 9.17) is 4.74 Å². The Morgan fingerprint density at radius 2 is 2.04 bits per heavy atom. The number of nitrogens with zero attached hydrogens (tertiary/aromatic N) is 1. The summed E-state index contributed by atoms with van der Waals surface area (Å²) in [7, 11) is 1.68. The van der Waals surface area contributed by atoms with E-state index in [1.807, 2.05) is 24.3 Å². The van der Waals surface area contributed by atoms with Gasteiger partial charge < -0.3 is 20.3 Å². The Hall–Kier alpha value is -1.59. The number of hydrogen-bond donors (Lipinski definition) is 2. The van der Waals surface area contributed by atoms with Crippen molar-refractivity contribution in [3.8, 4) is 0 Å². The summed E-state index contributed by atoms with van der Waals surface area (Å²) >= 11 is 0. The molecule has 0 aliphatic carbocycles. The molecule has 1 saturated heterocycles. The smallest absolute Gasteiger partial charge is 0.315 e. The summed E-state index contributed by atoms with van der Waals surface area (Å²) in [6.45, 7) is 6.37. The number of rotatable bonds is 8. The number of carbonyl (C=O) groups is 1. The molecule has 1 unspecified atom stereocenters. The Balaban J connectivity index is 1.63. The van der Waals surface area contributed by atoms with Gasteiger partial charge in [-0.1, -0.05) is 30.7 Å². The fourth-order valence-corrected chi connectivity index (χ4v) is 3.24. The van der Waals surface area contributed by atoms with Crippen LogP contribution in [0, 0.1) is 0 Å². The number of carbonyl (C=O) groups excluding carboxylic acids is 1. The highest BCUT2D eigenvalue weighted by Crippen LogP contribution is 2.16. The van der Waals surface area contributed by atoms with Gasteiger partial charge in [-0.05, 0) is 43.9 Å². The Bertz CT molecular complexity index is 507. The molecule has 5 nitrogen and oxygen atoms in total. The third-order valence-corrected chi connectivity index (χ3v) is 4.71. The second kappa shape index (κ2) is 10.3. The van der Waals surface area contributed by atoms with Gasteiger partial charge in [-0.25, -0.2) is 4.79 Å². The first-order chi connectivity index (χ1) is 11.7. The van der Waals surface area contributed by atoms with Crippen molar-refractivity contribution >= 4 is 6.03 Å². The number of piperidine rings is 1. The average molecular weight is 333 g/mol. The zero-order chi connectivity index (χ0) is 17.2. The lowest BCUT2D eigenvalue weighted by molar-refractivity contribution is 0.159. The lowest BCUT2D eigenvalue weighted by Crippen LogP contribution is -2.40. The standard InChI is InChI=1S/C19H31N3O2/c1-16-8-5-6-12-22(16)13-7-11-20-19(23)21-14-17-9-3-4-10-18(17)15-24-2/h3-4,9-10,16H,5-8,11-15H2,1-2H3,(H2,20,21,23). The molecule has 134 valence electrons. The Morgan fingerprint density at radius 1 is 1.25 bits per heavy atom. The molecule has 2 rings (SSSR count). The van der Waals surface area contributed by atoms with E-state index in [1.54, 1.807) is 7.11 Å². The molecule has 2 amide bonds. The number of urea groups is 1. The highest BCUT2D eigenvalue weighted by atomic mass is 16.5. The van der Waals surface area contributed by atoms with Crippen molar-refractivity contribution in [3.05, 3.63) is 35.4 Å². The molecule has 0 saturated carbocycles. The molecule has 1 aromatic carbocycles. The lowest BCUT2D eigenvalue weighted by Gasteiger charge is -2.33. The average Bonchev–Trinajstić information content (AvgIpc) is 2.59. The van der Waals surface area contributed by atoms with Crippen LogP contribution >= 0.6 is 0 Å². The number of ether oxygens (including phenoxy) is 1. The van der Waals surface area contributed by atoms with Crippen molar-refractivity contribution in [2.24, 2.45) is 0 Å². The van der Waals surface area contributed by atoms with Crippen molar-refractivity contribution in [2.75, 3.05) is 26.7 Å².